The molecule has 0 aliphatic carbocycles. The highest BCUT2D eigenvalue weighted by molar-refractivity contribution is 9.10. The van der Waals surface area contributed by atoms with Gasteiger partial charge in [-0.2, -0.15) is 0 Å². The van der Waals surface area contributed by atoms with Crippen molar-refractivity contribution < 1.29 is 14.3 Å². The number of benzene rings is 2. The summed E-state index contributed by atoms with van der Waals surface area (Å²) < 4.78 is 11.5. The van der Waals surface area contributed by atoms with Crippen LogP contribution in [-0.4, -0.2) is 50.8 Å². The average Bonchev–Trinajstić information content (AvgIpc) is 2.69. The number of nitrogens with one attached hydrogen (secondary N) is 1. The summed E-state index contributed by atoms with van der Waals surface area (Å²) in [5, 5.41) is 3.08. The normalized spacial score (nSPS) is 16.1. The maximum absolute atomic E-state index is 12.6. The second-order valence-electron chi connectivity index (χ2n) is 6.13. The predicted octanol–water partition coefficient (Wildman–Crippen LogP) is 3.26. The lowest BCUT2D eigenvalue weighted by molar-refractivity contribution is 0.0162. The standard InChI is InChI=1S/C20H23BrN2O3/c1-25-16-8-6-15(7-9-16)19(23-10-12-26-13-11-23)14-22-20(24)17-4-2-3-5-18(17)21/h2-9,19H,10-14H2,1H3,(H,22,24)/t19-/m1/s1. The van der Waals surface area contributed by atoms with Gasteiger partial charge in [-0.05, 0) is 45.8 Å². The molecule has 1 fully saturated rings. The summed E-state index contributed by atoms with van der Waals surface area (Å²) in [7, 11) is 1.66. The maximum Gasteiger partial charge on any atom is 0.252 e. The lowest BCUT2D eigenvalue weighted by Crippen LogP contribution is -2.43. The number of rotatable bonds is 6. The molecule has 0 saturated carbocycles. The summed E-state index contributed by atoms with van der Waals surface area (Å²) in [6.07, 6.45) is 0. The molecule has 0 bridgehead atoms. The van der Waals surface area contributed by atoms with E-state index in [4.69, 9.17) is 9.47 Å². The third kappa shape index (κ3) is 4.63. The van der Waals surface area contributed by atoms with E-state index in [1.54, 1.807) is 7.11 Å². The van der Waals surface area contributed by atoms with Crippen molar-refractivity contribution in [2.24, 2.45) is 0 Å². The van der Waals surface area contributed by atoms with Crippen LogP contribution in [0.25, 0.3) is 0 Å². The van der Waals surface area contributed by atoms with Crippen molar-refractivity contribution in [2.45, 2.75) is 6.04 Å². The van der Waals surface area contributed by atoms with Gasteiger partial charge >= 0.3 is 0 Å². The molecule has 5 nitrogen and oxygen atoms in total. The molecule has 138 valence electrons. The first-order chi connectivity index (χ1) is 12.7. The largest absolute Gasteiger partial charge is 0.497 e. The van der Waals surface area contributed by atoms with Crippen LogP contribution < -0.4 is 10.1 Å². The minimum atomic E-state index is -0.0794. The first-order valence-electron chi connectivity index (χ1n) is 8.67. The van der Waals surface area contributed by atoms with Crippen LogP contribution in [0.4, 0.5) is 0 Å². The second-order valence-corrected chi connectivity index (χ2v) is 6.98. The molecule has 0 aromatic heterocycles. The summed E-state index contributed by atoms with van der Waals surface area (Å²) in [6, 6.07) is 15.6. The Hall–Kier alpha value is -1.89. The number of hydrogen-bond acceptors (Lipinski definition) is 4. The molecule has 2 aromatic rings. The lowest BCUT2D eigenvalue weighted by Gasteiger charge is -2.35. The Morgan fingerprint density at radius 2 is 1.88 bits per heavy atom. The Bertz CT molecular complexity index is 730. The SMILES string of the molecule is COc1ccc([C@@H](CNC(=O)c2ccccc2Br)N2CCOCC2)cc1. The fourth-order valence-corrected chi connectivity index (χ4v) is 3.57. The molecule has 1 N–H and O–H groups in total. The Morgan fingerprint density at radius 1 is 1.19 bits per heavy atom. The van der Waals surface area contributed by atoms with Crippen LogP contribution in [-0.2, 0) is 4.74 Å². The van der Waals surface area contributed by atoms with Crippen molar-refractivity contribution >= 4 is 21.8 Å². The number of carbonyl (C=O) groups excluding carboxylic acids is 1. The van der Waals surface area contributed by atoms with Crippen molar-refractivity contribution in [2.75, 3.05) is 40.0 Å². The van der Waals surface area contributed by atoms with Gasteiger partial charge in [0.15, 0.2) is 0 Å². The summed E-state index contributed by atoms with van der Waals surface area (Å²) in [5.74, 6) is 0.746. The number of methoxy groups -OCH3 is 1. The van der Waals surface area contributed by atoms with Crippen molar-refractivity contribution in [1.82, 2.24) is 10.2 Å². The topological polar surface area (TPSA) is 50.8 Å². The zero-order valence-corrected chi connectivity index (χ0v) is 16.4. The molecule has 1 aliphatic rings. The van der Waals surface area contributed by atoms with Gasteiger partial charge in [0.2, 0.25) is 0 Å². The molecule has 6 heteroatoms. The molecule has 1 saturated heterocycles. The van der Waals surface area contributed by atoms with E-state index in [-0.39, 0.29) is 11.9 Å². The zero-order chi connectivity index (χ0) is 18.4. The van der Waals surface area contributed by atoms with E-state index in [1.165, 1.54) is 0 Å². The van der Waals surface area contributed by atoms with Crippen LogP contribution in [0, 0.1) is 0 Å². The number of morpholine rings is 1. The Balaban J connectivity index is 1.74. The van der Waals surface area contributed by atoms with E-state index < -0.39 is 0 Å². The number of nitrogens with zero attached hydrogens (tertiary/aromatic N) is 1. The number of ether oxygens (including phenoxy) is 2. The zero-order valence-electron chi connectivity index (χ0n) is 14.8. The minimum Gasteiger partial charge on any atom is -0.497 e. The number of amides is 1. The Morgan fingerprint density at radius 3 is 2.54 bits per heavy atom. The summed E-state index contributed by atoms with van der Waals surface area (Å²) in [5.41, 5.74) is 1.79. The van der Waals surface area contributed by atoms with Crippen molar-refractivity contribution in [3.8, 4) is 5.75 Å². The molecule has 2 aromatic carbocycles. The first kappa shape index (κ1) is 18.9. The van der Waals surface area contributed by atoms with Crippen LogP contribution in [0.5, 0.6) is 5.75 Å². The lowest BCUT2D eigenvalue weighted by atomic mass is 10.0. The Kier molecular flexibility index (Phi) is 6.66. The third-order valence-electron chi connectivity index (χ3n) is 4.56. The van der Waals surface area contributed by atoms with Gasteiger partial charge in [-0.3, -0.25) is 9.69 Å². The van der Waals surface area contributed by atoms with Gasteiger partial charge in [0.05, 0.1) is 31.9 Å². The van der Waals surface area contributed by atoms with Crippen LogP contribution in [0.3, 0.4) is 0 Å². The van der Waals surface area contributed by atoms with Gasteiger partial charge in [0.1, 0.15) is 5.75 Å². The number of carbonyl (C=O) groups is 1. The molecule has 0 spiro atoms. The fraction of sp³-hybridized carbons (Fsp3) is 0.350. The highest BCUT2D eigenvalue weighted by atomic mass is 79.9. The van der Waals surface area contributed by atoms with Crippen molar-refractivity contribution in [3.63, 3.8) is 0 Å². The molecular weight excluding hydrogens is 396 g/mol. The molecule has 0 radical (unpaired) electrons. The second kappa shape index (κ2) is 9.16. The minimum absolute atomic E-state index is 0.0794. The van der Waals surface area contributed by atoms with Crippen LogP contribution in [0.1, 0.15) is 22.0 Å². The van der Waals surface area contributed by atoms with E-state index >= 15 is 0 Å². The molecule has 1 aliphatic heterocycles. The third-order valence-corrected chi connectivity index (χ3v) is 5.25. The van der Waals surface area contributed by atoms with Crippen molar-refractivity contribution in [3.05, 3.63) is 64.1 Å². The van der Waals surface area contributed by atoms with E-state index in [2.05, 4.69) is 38.3 Å². The number of halogens is 1. The maximum atomic E-state index is 12.6. The Labute approximate surface area is 162 Å². The smallest absolute Gasteiger partial charge is 0.252 e. The molecule has 26 heavy (non-hydrogen) atoms. The molecule has 3 rings (SSSR count). The number of hydrogen-bond donors (Lipinski definition) is 1. The quantitative estimate of drug-likeness (QED) is 0.781. The van der Waals surface area contributed by atoms with Gasteiger partial charge in [0, 0.05) is 24.1 Å². The summed E-state index contributed by atoms with van der Waals surface area (Å²) >= 11 is 3.44. The first-order valence-corrected chi connectivity index (χ1v) is 9.47. The van der Waals surface area contributed by atoms with Crippen LogP contribution in [0.2, 0.25) is 0 Å². The fourth-order valence-electron chi connectivity index (χ4n) is 3.10. The monoisotopic (exact) mass is 418 g/mol. The van der Waals surface area contributed by atoms with Gasteiger partial charge < -0.3 is 14.8 Å². The molecule has 1 heterocycles. The summed E-state index contributed by atoms with van der Waals surface area (Å²) in [6.45, 7) is 3.66. The molecule has 0 unspecified atom stereocenters. The van der Waals surface area contributed by atoms with Crippen molar-refractivity contribution in [1.29, 1.82) is 0 Å². The average molecular weight is 419 g/mol. The van der Waals surface area contributed by atoms with E-state index in [0.717, 1.165) is 28.9 Å². The van der Waals surface area contributed by atoms with Crippen LogP contribution in [0.15, 0.2) is 53.0 Å². The van der Waals surface area contributed by atoms with Gasteiger partial charge in [-0.25, -0.2) is 0 Å². The molecule has 1 amide bonds. The van der Waals surface area contributed by atoms with E-state index in [0.29, 0.717) is 25.3 Å². The molecule has 1 atom stereocenters. The van der Waals surface area contributed by atoms with E-state index in [1.807, 2.05) is 36.4 Å². The predicted molar refractivity (Wildman–Crippen MR) is 105 cm³/mol. The van der Waals surface area contributed by atoms with Gasteiger partial charge in [-0.15, -0.1) is 0 Å². The van der Waals surface area contributed by atoms with Gasteiger partial charge in [-0.1, -0.05) is 24.3 Å². The molecular formula is C20H23BrN2O3. The van der Waals surface area contributed by atoms with E-state index in [9.17, 15) is 4.79 Å². The van der Waals surface area contributed by atoms with Gasteiger partial charge in [0.25, 0.3) is 5.91 Å². The summed E-state index contributed by atoms with van der Waals surface area (Å²) in [4.78, 5) is 14.9. The highest BCUT2D eigenvalue weighted by Gasteiger charge is 2.23. The van der Waals surface area contributed by atoms with Crippen LogP contribution >= 0.6 is 15.9 Å². The highest BCUT2D eigenvalue weighted by Crippen LogP contribution is 2.24.